The average Bonchev–Trinajstić information content (AvgIpc) is 1.55. The maximum atomic E-state index is 7.25. The Morgan fingerprint density at radius 2 is 0.728 bits per heavy atom. The summed E-state index contributed by atoms with van der Waals surface area (Å²) >= 11 is 0. The van der Waals surface area contributed by atoms with Crippen LogP contribution in [0.4, 0.5) is 0 Å². The zero-order chi connectivity index (χ0) is 60.4. The molecule has 428 valence electrons. The van der Waals surface area contributed by atoms with E-state index in [1.54, 1.807) is 0 Å². The molecule has 0 amide bonds. The molecule has 7 nitrogen and oxygen atoms in total. The van der Waals surface area contributed by atoms with Crippen LogP contribution in [0.15, 0.2) is 318 Å². The molecule has 0 bridgehead atoms. The van der Waals surface area contributed by atoms with Crippen LogP contribution >= 0.6 is 0 Å². The summed E-state index contributed by atoms with van der Waals surface area (Å²) in [5, 5.41) is 9.87. The second-order valence-corrected chi connectivity index (χ2v) is 23.8. The number of pyridine rings is 1. The second kappa shape index (κ2) is 20.6. The molecule has 19 aromatic rings. The predicted molar refractivity (Wildman–Crippen MR) is 379 cm³/mol. The molecule has 0 saturated carbocycles. The van der Waals surface area contributed by atoms with Crippen LogP contribution in [0, 0.1) is 0 Å². The molecule has 0 radical (unpaired) electrons. The lowest BCUT2D eigenvalue weighted by molar-refractivity contribution is 0.668. The SMILES string of the molecule is c1ccc(-c2ccc3c4ccccc4n(-c4ccc5c(c4)oc4cc(-c6ccc7nc(-c8cccc9oc%10cc(-n%11c%12ccccc%12c%12ccccc%12%11)ccc%10c89)cc(-c8ccccc8)c7c6)cc(-c6cc(-c7ccccc7)nc(-c7ccccc7)n6)c45)c3c2)cc1. The normalized spacial score (nSPS) is 11.9. The Morgan fingerprint density at radius 1 is 0.228 bits per heavy atom. The number of hydrogen-bond donors (Lipinski definition) is 0. The van der Waals surface area contributed by atoms with Crippen LogP contribution < -0.4 is 0 Å². The van der Waals surface area contributed by atoms with Crippen molar-refractivity contribution in [3.05, 3.63) is 309 Å². The van der Waals surface area contributed by atoms with Gasteiger partial charge in [0.05, 0.1) is 44.7 Å². The molecule has 0 N–H and O–H groups in total. The molecule has 6 aromatic heterocycles. The summed E-state index contributed by atoms with van der Waals surface area (Å²) in [7, 11) is 0. The Hall–Kier alpha value is -12.5. The van der Waals surface area contributed by atoms with Gasteiger partial charge in [0.2, 0.25) is 0 Å². The van der Waals surface area contributed by atoms with Gasteiger partial charge >= 0.3 is 0 Å². The number of fused-ring (bicyclic) bond motifs is 13. The van der Waals surface area contributed by atoms with Gasteiger partial charge in [-0.05, 0) is 124 Å². The second-order valence-electron chi connectivity index (χ2n) is 23.8. The van der Waals surface area contributed by atoms with Gasteiger partial charge in [0.1, 0.15) is 22.3 Å². The fraction of sp³-hybridized carbons (Fsp3) is 0. The van der Waals surface area contributed by atoms with Crippen molar-refractivity contribution < 1.29 is 8.83 Å². The highest BCUT2D eigenvalue weighted by atomic mass is 16.3. The van der Waals surface area contributed by atoms with Gasteiger partial charge in [0.25, 0.3) is 0 Å². The predicted octanol–water partition coefficient (Wildman–Crippen LogP) is 22.7. The van der Waals surface area contributed by atoms with Crippen molar-refractivity contribution in [3.8, 4) is 89.9 Å². The van der Waals surface area contributed by atoms with Crippen molar-refractivity contribution in [2.24, 2.45) is 0 Å². The summed E-state index contributed by atoms with van der Waals surface area (Å²) in [5.41, 5.74) is 23.4. The number of para-hydroxylation sites is 3. The number of hydrogen-bond acceptors (Lipinski definition) is 5. The molecule has 6 heterocycles. The minimum absolute atomic E-state index is 0.639. The third-order valence-corrected chi connectivity index (χ3v) is 18.5. The Labute approximate surface area is 527 Å². The molecular formula is C85H51N5O2. The molecule has 13 aromatic carbocycles. The standard InChI is InChI=1S/C85H51N5O2/c1-5-20-52(21-6-1)57-36-40-64-63-30-15-18-34-77(63)90(78(64)46-57)60-39-42-67-81(49-60)92-82-47-58(45-70(84(67)82)74-51-72(54-24-9-3-10-25-54)87-85(88-74)55-26-11-4-12-27-55)56-37-43-71-69(44-56)68(53-22-7-2-8-23-53)50-73(86-71)65-31-19-35-79-83(65)66-41-38-59(48-80(66)91-79)89-75-32-16-13-28-61(75)62-29-14-17-33-76(62)89/h1-51H. The molecule has 92 heavy (non-hydrogen) atoms. The van der Waals surface area contributed by atoms with Crippen molar-refractivity contribution in [3.63, 3.8) is 0 Å². The van der Waals surface area contributed by atoms with E-state index in [4.69, 9.17) is 23.8 Å². The fourth-order valence-electron chi connectivity index (χ4n) is 14.3. The van der Waals surface area contributed by atoms with Gasteiger partial charge in [-0.25, -0.2) is 15.0 Å². The highest BCUT2D eigenvalue weighted by Crippen LogP contribution is 2.46. The topological polar surface area (TPSA) is 74.8 Å². The van der Waals surface area contributed by atoms with Crippen molar-refractivity contribution in [1.82, 2.24) is 24.1 Å². The van der Waals surface area contributed by atoms with E-state index >= 15 is 0 Å². The molecular weight excluding hydrogens is 1120 g/mol. The molecule has 7 heteroatoms. The molecule has 0 spiro atoms. The first-order valence-corrected chi connectivity index (χ1v) is 31.1. The highest BCUT2D eigenvalue weighted by molar-refractivity contribution is 6.17. The summed E-state index contributed by atoms with van der Waals surface area (Å²) in [4.78, 5) is 16.3. The largest absolute Gasteiger partial charge is 0.456 e. The van der Waals surface area contributed by atoms with E-state index in [1.807, 2.05) is 24.3 Å². The smallest absolute Gasteiger partial charge is 0.160 e. The van der Waals surface area contributed by atoms with Gasteiger partial charge in [-0.2, -0.15) is 0 Å². The Bertz CT molecular complexity index is 6070. The Balaban J connectivity index is 0.797. The van der Waals surface area contributed by atoms with Crippen LogP contribution in [0.2, 0.25) is 0 Å². The van der Waals surface area contributed by atoms with Gasteiger partial charge in [0, 0.05) is 94.2 Å². The lowest BCUT2D eigenvalue weighted by atomic mass is 9.92. The van der Waals surface area contributed by atoms with E-state index in [0.29, 0.717) is 5.82 Å². The first-order chi connectivity index (χ1) is 45.6. The van der Waals surface area contributed by atoms with Crippen molar-refractivity contribution in [2.45, 2.75) is 0 Å². The van der Waals surface area contributed by atoms with E-state index in [0.717, 1.165) is 155 Å². The summed E-state index contributed by atoms with van der Waals surface area (Å²) in [6, 6.07) is 110. The van der Waals surface area contributed by atoms with Crippen molar-refractivity contribution >= 4 is 98.4 Å². The summed E-state index contributed by atoms with van der Waals surface area (Å²) in [5.74, 6) is 0.639. The Morgan fingerprint density at radius 3 is 1.38 bits per heavy atom. The molecule has 0 unspecified atom stereocenters. The molecule has 0 aliphatic heterocycles. The van der Waals surface area contributed by atoms with Crippen LogP contribution in [0.5, 0.6) is 0 Å². The first-order valence-electron chi connectivity index (χ1n) is 31.1. The molecule has 0 fully saturated rings. The fourth-order valence-corrected chi connectivity index (χ4v) is 14.3. The summed E-state index contributed by atoms with van der Waals surface area (Å²) in [6.07, 6.45) is 0. The lowest BCUT2D eigenvalue weighted by Crippen LogP contribution is -1.96. The van der Waals surface area contributed by atoms with Crippen molar-refractivity contribution in [2.75, 3.05) is 0 Å². The zero-order valence-electron chi connectivity index (χ0n) is 49.5. The van der Waals surface area contributed by atoms with Crippen LogP contribution in [0.1, 0.15) is 0 Å². The van der Waals surface area contributed by atoms with Crippen LogP contribution in [0.25, 0.3) is 188 Å². The first kappa shape index (κ1) is 51.6. The lowest BCUT2D eigenvalue weighted by Gasteiger charge is -2.14. The summed E-state index contributed by atoms with van der Waals surface area (Å²) < 4.78 is 18.8. The summed E-state index contributed by atoms with van der Waals surface area (Å²) in [6.45, 7) is 0. The van der Waals surface area contributed by atoms with E-state index < -0.39 is 0 Å². The van der Waals surface area contributed by atoms with Gasteiger partial charge in [-0.1, -0.05) is 206 Å². The zero-order valence-corrected chi connectivity index (χ0v) is 49.5. The third-order valence-electron chi connectivity index (χ3n) is 18.5. The molecule has 0 aliphatic carbocycles. The highest BCUT2D eigenvalue weighted by Gasteiger charge is 2.24. The number of furan rings is 2. The van der Waals surface area contributed by atoms with Gasteiger partial charge in [-0.3, -0.25) is 0 Å². The van der Waals surface area contributed by atoms with Crippen LogP contribution in [-0.2, 0) is 0 Å². The minimum Gasteiger partial charge on any atom is -0.456 e. The molecule has 0 atom stereocenters. The van der Waals surface area contributed by atoms with Gasteiger partial charge < -0.3 is 18.0 Å². The van der Waals surface area contributed by atoms with E-state index in [1.165, 1.54) is 27.1 Å². The molecule has 0 saturated heterocycles. The van der Waals surface area contributed by atoms with Crippen LogP contribution in [-0.4, -0.2) is 24.1 Å². The number of benzene rings is 13. The third kappa shape index (κ3) is 8.26. The van der Waals surface area contributed by atoms with E-state index in [-0.39, 0.29) is 0 Å². The van der Waals surface area contributed by atoms with Crippen LogP contribution in [0.3, 0.4) is 0 Å². The Kier molecular flexibility index (Phi) is 11.5. The quantitative estimate of drug-likeness (QED) is 0.144. The number of rotatable bonds is 9. The van der Waals surface area contributed by atoms with Crippen molar-refractivity contribution in [1.29, 1.82) is 0 Å². The maximum absolute atomic E-state index is 7.25. The average molecular weight is 1170 g/mol. The van der Waals surface area contributed by atoms with Gasteiger partial charge in [-0.15, -0.1) is 0 Å². The number of nitrogens with zero attached hydrogens (tertiary/aromatic N) is 5. The minimum atomic E-state index is 0.639. The number of aromatic nitrogens is 5. The monoisotopic (exact) mass is 1170 g/mol. The van der Waals surface area contributed by atoms with Gasteiger partial charge in [0.15, 0.2) is 5.82 Å². The molecule has 19 rings (SSSR count). The van der Waals surface area contributed by atoms with E-state index in [9.17, 15) is 0 Å². The maximum Gasteiger partial charge on any atom is 0.160 e. The molecule has 0 aliphatic rings. The van der Waals surface area contributed by atoms with E-state index in [2.05, 4.69) is 294 Å².